The van der Waals surface area contributed by atoms with Crippen molar-refractivity contribution in [3.05, 3.63) is 54.0 Å². The van der Waals surface area contributed by atoms with Crippen LogP contribution in [-0.4, -0.2) is 106 Å². The quantitative estimate of drug-likeness (QED) is 0.138. The Balaban J connectivity index is 1.23. The largest absolute Gasteiger partial charge is 0.468 e. The second kappa shape index (κ2) is 13.4. The maximum atomic E-state index is 17.5. The molecule has 0 N–H and O–H groups in total. The first kappa shape index (κ1) is 36.9. The minimum Gasteiger partial charge on any atom is -0.468 e. The summed E-state index contributed by atoms with van der Waals surface area (Å²) in [6.45, 7) is 11.3. The van der Waals surface area contributed by atoms with Gasteiger partial charge in [-0.25, -0.2) is 27.3 Å². The van der Waals surface area contributed by atoms with Crippen LogP contribution in [0, 0.1) is 17.5 Å². The number of nitrogens with zero attached hydrogens (tertiary/aromatic N) is 6. The average molecular weight is 777 g/mol. The zero-order chi connectivity index (χ0) is 39.3. The summed E-state index contributed by atoms with van der Waals surface area (Å²) in [7, 11) is 1.44. The van der Waals surface area contributed by atoms with Crippen molar-refractivity contribution >= 4 is 39.2 Å². The van der Waals surface area contributed by atoms with Crippen LogP contribution in [0.25, 0.3) is 38.5 Å². The van der Waals surface area contributed by atoms with Crippen molar-refractivity contribution in [3.63, 3.8) is 0 Å². The third-order valence-corrected chi connectivity index (χ3v) is 12.0. The molecule has 296 valence electrons. The molecule has 0 spiro atoms. The molecule has 56 heavy (non-hydrogen) atoms. The number of amides is 1. The molecule has 9 rings (SSSR count). The van der Waals surface area contributed by atoms with Gasteiger partial charge in [0.2, 0.25) is 0 Å². The number of carbonyl (C=O) groups excluding carboxylic acids is 1. The van der Waals surface area contributed by atoms with Crippen LogP contribution >= 0.6 is 0 Å². The predicted octanol–water partition coefficient (Wildman–Crippen LogP) is 7.57. The fourth-order valence-corrected chi connectivity index (χ4v) is 9.73. The number of ether oxygens (including phenoxy) is 4. The fourth-order valence-electron chi connectivity index (χ4n) is 9.73. The average Bonchev–Trinajstić information content (AvgIpc) is 3.77. The summed E-state index contributed by atoms with van der Waals surface area (Å²) >= 11 is 0. The standard InChI is InChI=1S/C41H44F4N6O5/c1-21-13-29-28-10-8-24(51(28)39(52)56-40(2,3)4)18-50(29)37-31-34(21)46-35(26-15-25(55-20-53-5)14-22-7-9-27(43)32(44)30(22)26)33(45)36(31)47-38(48-37)54-19-41-11-6-12-49(41)17-23(42)16-41/h7,9,14-15,23-24,28-29H,1,6,8,10-13,16-20H2,2-5H3/t23-,24-,28+,29-,41+/m1/s1. The maximum absolute atomic E-state index is 17.5. The Hall–Kier alpha value is -4.76. The van der Waals surface area contributed by atoms with Crippen molar-refractivity contribution in [1.29, 1.82) is 0 Å². The number of carbonyl (C=O) groups is 1. The number of anilines is 1. The number of rotatable bonds is 7. The summed E-state index contributed by atoms with van der Waals surface area (Å²) in [6.07, 6.45) is 2.34. The molecule has 0 aliphatic carbocycles. The molecule has 5 aliphatic rings. The van der Waals surface area contributed by atoms with Crippen LogP contribution < -0.4 is 14.4 Å². The molecule has 0 unspecified atom stereocenters. The highest BCUT2D eigenvalue weighted by Crippen LogP contribution is 2.48. The second-order valence-electron chi connectivity index (χ2n) is 16.7. The summed E-state index contributed by atoms with van der Waals surface area (Å²) in [5.41, 5.74) is -0.913. The number of fused-ring (bicyclic) bond motifs is 7. The molecule has 2 aromatic heterocycles. The highest BCUT2D eigenvalue weighted by Gasteiger charge is 2.52. The first-order valence-corrected chi connectivity index (χ1v) is 19.2. The highest BCUT2D eigenvalue weighted by atomic mass is 19.2. The van der Waals surface area contributed by atoms with Crippen LogP contribution in [0.15, 0.2) is 30.8 Å². The molecule has 2 bridgehead atoms. The summed E-state index contributed by atoms with van der Waals surface area (Å²) in [5.74, 6) is -2.60. The summed E-state index contributed by atoms with van der Waals surface area (Å²) in [6, 6.07) is 4.35. The number of halogens is 4. The van der Waals surface area contributed by atoms with Gasteiger partial charge in [-0.1, -0.05) is 12.6 Å². The summed E-state index contributed by atoms with van der Waals surface area (Å²) in [5, 5.41) is 0.358. The number of hydrogen-bond donors (Lipinski definition) is 0. The molecule has 2 aromatic carbocycles. The van der Waals surface area contributed by atoms with E-state index in [1.165, 1.54) is 25.3 Å². The molecule has 4 fully saturated rings. The van der Waals surface area contributed by atoms with Gasteiger partial charge in [0, 0.05) is 37.6 Å². The van der Waals surface area contributed by atoms with E-state index < -0.39 is 40.9 Å². The Labute approximate surface area is 321 Å². The van der Waals surface area contributed by atoms with E-state index in [4.69, 9.17) is 28.9 Å². The fraction of sp³-hybridized carbons (Fsp3) is 0.512. The van der Waals surface area contributed by atoms with Crippen molar-refractivity contribution < 1.29 is 41.3 Å². The van der Waals surface area contributed by atoms with Gasteiger partial charge < -0.3 is 23.8 Å². The lowest BCUT2D eigenvalue weighted by atomic mass is 9.95. The topological polar surface area (TPSA) is 102 Å². The van der Waals surface area contributed by atoms with Crippen LogP contribution in [0.1, 0.15) is 65.0 Å². The molecular weight excluding hydrogens is 732 g/mol. The minimum absolute atomic E-state index is 0.0609. The Morgan fingerprint density at radius 3 is 2.61 bits per heavy atom. The maximum Gasteiger partial charge on any atom is 0.410 e. The van der Waals surface area contributed by atoms with Gasteiger partial charge >= 0.3 is 12.1 Å². The van der Waals surface area contributed by atoms with Crippen molar-refractivity contribution in [2.24, 2.45) is 0 Å². The van der Waals surface area contributed by atoms with Gasteiger partial charge in [-0.05, 0) is 88.6 Å². The van der Waals surface area contributed by atoms with Gasteiger partial charge in [0.15, 0.2) is 24.2 Å². The normalized spacial score (nSPS) is 25.8. The Morgan fingerprint density at radius 1 is 1.00 bits per heavy atom. The zero-order valence-corrected chi connectivity index (χ0v) is 31.8. The number of hydrogen-bond acceptors (Lipinski definition) is 10. The van der Waals surface area contributed by atoms with E-state index in [2.05, 4.69) is 21.4 Å². The number of pyridine rings is 1. The van der Waals surface area contributed by atoms with Crippen LogP contribution in [0.5, 0.6) is 11.8 Å². The molecule has 0 radical (unpaired) electrons. The van der Waals surface area contributed by atoms with Crippen molar-refractivity contribution in [2.75, 3.05) is 45.0 Å². The molecule has 5 aliphatic heterocycles. The van der Waals surface area contributed by atoms with Gasteiger partial charge in [-0.3, -0.25) is 9.80 Å². The monoisotopic (exact) mass is 776 g/mol. The van der Waals surface area contributed by atoms with Gasteiger partial charge in [-0.15, -0.1) is 0 Å². The molecule has 5 atom stereocenters. The number of piperazine rings is 1. The summed E-state index contributed by atoms with van der Waals surface area (Å²) in [4.78, 5) is 34.1. The van der Waals surface area contributed by atoms with E-state index in [-0.39, 0.29) is 76.5 Å². The number of methoxy groups -OCH3 is 1. The smallest absolute Gasteiger partial charge is 0.410 e. The van der Waals surface area contributed by atoms with Crippen LogP contribution in [0.3, 0.4) is 0 Å². The van der Waals surface area contributed by atoms with E-state index >= 15 is 8.78 Å². The molecule has 7 heterocycles. The lowest BCUT2D eigenvalue weighted by molar-refractivity contribution is 0.00776. The van der Waals surface area contributed by atoms with Crippen LogP contribution in [0.4, 0.5) is 28.2 Å². The molecule has 4 aromatic rings. The van der Waals surface area contributed by atoms with Gasteiger partial charge in [-0.2, -0.15) is 9.97 Å². The molecule has 15 heteroatoms. The molecule has 1 amide bonds. The van der Waals surface area contributed by atoms with E-state index in [0.717, 1.165) is 31.9 Å². The lowest BCUT2D eigenvalue weighted by Crippen LogP contribution is -2.62. The third kappa shape index (κ3) is 6.00. The Bertz CT molecular complexity index is 2290. The SMILES string of the molecule is C=C1C[C@@H]2[C@@H]3CC[C@H](CN2c2nc(OC[C@@]45CCCN4C[C@H](F)C5)nc4c(F)c(-c5cc(OCOC)cc6ccc(F)c(F)c56)nc1c24)N3C(=O)OC(C)(C)C. The van der Waals surface area contributed by atoms with Gasteiger partial charge in [0.25, 0.3) is 0 Å². The molecule has 0 saturated carbocycles. The Morgan fingerprint density at radius 2 is 1.82 bits per heavy atom. The van der Waals surface area contributed by atoms with E-state index in [0.29, 0.717) is 49.1 Å². The number of aromatic nitrogens is 3. The van der Waals surface area contributed by atoms with Gasteiger partial charge in [0.1, 0.15) is 41.2 Å². The third-order valence-electron chi connectivity index (χ3n) is 12.0. The number of alkyl halides is 1. The van der Waals surface area contributed by atoms with Crippen molar-refractivity contribution in [1.82, 2.24) is 24.8 Å². The van der Waals surface area contributed by atoms with E-state index in [9.17, 15) is 13.6 Å². The Kier molecular flexibility index (Phi) is 8.84. The van der Waals surface area contributed by atoms with E-state index in [1.807, 2.05) is 25.7 Å². The number of benzene rings is 2. The van der Waals surface area contributed by atoms with Crippen LogP contribution in [0.2, 0.25) is 0 Å². The first-order chi connectivity index (χ1) is 26.7. The summed E-state index contributed by atoms with van der Waals surface area (Å²) < 4.78 is 85.9. The molecule has 4 saturated heterocycles. The zero-order valence-electron chi connectivity index (χ0n) is 31.8. The van der Waals surface area contributed by atoms with Gasteiger partial charge in [0.05, 0.1) is 34.7 Å². The minimum atomic E-state index is -1.17. The predicted molar refractivity (Wildman–Crippen MR) is 201 cm³/mol. The van der Waals surface area contributed by atoms with Crippen molar-refractivity contribution in [2.45, 2.75) is 94.7 Å². The van der Waals surface area contributed by atoms with E-state index in [1.54, 1.807) is 0 Å². The highest BCUT2D eigenvalue weighted by molar-refractivity contribution is 6.04. The molecular formula is C41H44F4N6O5. The van der Waals surface area contributed by atoms with Crippen LogP contribution in [-0.2, 0) is 9.47 Å². The van der Waals surface area contributed by atoms with Crippen molar-refractivity contribution in [3.8, 4) is 23.0 Å². The molecule has 11 nitrogen and oxygen atoms in total. The lowest BCUT2D eigenvalue weighted by Gasteiger charge is -2.47. The second-order valence-corrected chi connectivity index (χ2v) is 16.7. The first-order valence-electron chi connectivity index (χ1n) is 19.2.